The largest absolute Gasteiger partial charge is 0.490 e. The van der Waals surface area contributed by atoms with E-state index in [-0.39, 0.29) is 0 Å². The minimum absolute atomic E-state index is 0.388. The maximum Gasteiger partial charge on any atom is 0.124 e. The van der Waals surface area contributed by atoms with E-state index in [0.29, 0.717) is 6.10 Å². The van der Waals surface area contributed by atoms with Crippen LogP contribution in [0.4, 0.5) is 0 Å². The van der Waals surface area contributed by atoms with Crippen molar-refractivity contribution in [2.75, 3.05) is 39.4 Å². The van der Waals surface area contributed by atoms with E-state index < -0.39 is 0 Å². The zero-order valence-corrected chi connectivity index (χ0v) is 18.0. The molecule has 0 N–H and O–H groups in total. The predicted octanol–water partition coefficient (Wildman–Crippen LogP) is 4.13. The molecule has 0 spiro atoms. The van der Waals surface area contributed by atoms with Gasteiger partial charge in [-0.25, -0.2) is 0 Å². The molecular weight excluding hydrogens is 374 g/mol. The van der Waals surface area contributed by atoms with Crippen LogP contribution in [0.25, 0.3) is 0 Å². The Hall–Kier alpha value is -1.95. The van der Waals surface area contributed by atoms with Gasteiger partial charge in [0.05, 0.1) is 19.3 Å². The first-order valence-corrected chi connectivity index (χ1v) is 11.5. The molecule has 5 heteroatoms. The highest BCUT2D eigenvalue weighted by Gasteiger charge is 2.19. The van der Waals surface area contributed by atoms with Crippen LogP contribution in [0.2, 0.25) is 0 Å². The second-order valence-electron chi connectivity index (χ2n) is 8.51. The van der Waals surface area contributed by atoms with Gasteiger partial charge in [0, 0.05) is 50.7 Å². The number of hydrogen-bond donors (Lipinski definition) is 0. The molecule has 0 atom stereocenters. The van der Waals surface area contributed by atoms with E-state index in [2.05, 4.69) is 45.1 Å². The van der Waals surface area contributed by atoms with Gasteiger partial charge in [-0.15, -0.1) is 0 Å². The molecule has 0 bridgehead atoms. The SMILES string of the molecule is c1cncc(CN(CCCN2CCOCC2)Cc2ccccc2OC2CCCC2)c1. The number of nitrogens with zero attached hydrogens (tertiary/aromatic N) is 3. The average Bonchev–Trinajstić information content (AvgIpc) is 3.30. The third-order valence-electron chi connectivity index (χ3n) is 6.14. The molecule has 1 saturated heterocycles. The summed E-state index contributed by atoms with van der Waals surface area (Å²) in [5.74, 6) is 1.06. The molecule has 0 amide bonds. The quantitative estimate of drug-likeness (QED) is 0.590. The molecule has 2 heterocycles. The van der Waals surface area contributed by atoms with Crippen molar-refractivity contribution >= 4 is 0 Å². The lowest BCUT2D eigenvalue weighted by Crippen LogP contribution is -2.38. The summed E-state index contributed by atoms with van der Waals surface area (Å²) in [5.41, 5.74) is 2.55. The van der Waals surface area contributed by atoms with Crippen LogP contribution in [-0.4, -0.2) is 60.3 Å². The van der Waals surface area contributed by atoms with Crippen LogP contribution in [0, 0.1) is 0 Å². The lowest BCUT2D eigenvalue weighted by molar-refractivity contribution is 0.0358. The molecule has 2 aliphatic rings. The van der Waals surface area contributed by atoms with Crippen molar-refractivity contribution in [3.63, 3.8) is 0 Å². The van der Waals surface area contributed by atoms with E-state index in [9.17, 15) is 0 Å². The number of rotatable bonds is 10. The van der Waals surface area contributed by atoms with Crippen LogP contribution in [0.3, 0.4) is 0 Å². The van der Waals surface area contributed by atoms with Gasteiger partial charge in [-0.2, -0.15) is 0 Å². The predicted molar refractivity (Wildman–Crippen MR) is 120 cm³/mol. The second-order valence-corrected chi connectivity index (χ2v) is 8.51. The molecule has 1 aliphatic carbocycles. The molecule has 1 aliphatic heterocycles. The highest BCUT2D eigenvalue weighted by molar-refractivity contribution is 5.33. The molecule has 0 radical (unpaired) electrons. The van der Waals surface area contributed by atoms with Gasteiger partial charge in [0.15, 0.2) is 0 Å². The molecular formula is C25H35N3O2. The summed E-state index contributed by atoms with van der Waals surface area (Å²) in [6.07, 6.45) is 10.3. The minimum atomic E-state index is 0.388. The molecule has 1 saturated carbocycles. The van der Waals surface area contributed by atoms with Crippen LogP contribution < -0.4 is 4.74 Å². The normalized spacial score (nSPS) is 18.2. The molecule has 30 heavy (non-hydrogen) atoms. The highest BCUT2D eigenvalue weighted by atomic mass is 16.5. The number of benzene rings is 1. The maximum atomic E-state index is 6.40. The third-order valence-corrected chi connectivity index (χ3v) is 6.14. The van der Waals surface area contributed by atoms with Gasteiger partial charge in [0.2, 0.25) is 0 Å². The van der Waals surface area contributed by atoms with Crippen LogP contribution >= 0.6 is 0 Å². The Bertz CT molecular complexity index is 743. The van der Waals surface area contributed by atoms with E-state index in [0.717, 1.165) is 64.7 Å². The summed E-state index contributed by atoms with van der Waals surface area (Å²) in [7, 11) is 0. The number of morpholine rings is 1. The first-order chi connectivity index (χ1) is 14.9. The number of aromatic nitrogens is 1. The van der Waals surface area contributed by atoms with E-state index in [4.69, 9.17) is 9.47 Å². The summed E-state index contributed by atoms with van der Waals surface area (Å²) < 4.78 is 11.9. The Kier molecular flexibility index (Phi) is 8.12. The van der Waals surface area contributed by atoms with Crippen molar-refractivity contribution in [1.29, 1.82) is 0 Å². The summed E-state index contributed by atoms with van der Waals surface area (Å²) in [6.45, 7) is 7.85. The molecule has 5 nitrogen and oxygen atoms in total. The van der Waals surface area contributed by atoms with Gasteiger partial charge >= 0.3 is 0 Å². The smallest absolute Gasteiger partial charge is 0.124 e. The average molecular weight is 410 g/mol. The van der Waals surface area contributed by atoms with Crippen molar-refractivity contribution in [1.82, 2.24) is 14.8 Å². The maximum absolute atomic E-state index is 6.40. The first-order valence-electron chi connectivity index (χ1n) is 11.5. The Morgan fingerprint density at radius 3 is 2.67 bits per heavy atom. The van der Waals surface area contributed by atoms with E-state index in [1.54, 1.807) is 0 Å². The van der Waals surface area contributed by atoms with Gasteiger partial charge in [-0.05, 0) is 56.3 Å². The van der Waals surface area contributed by atoms with Crippen molar-refractivity contribution < 1.29 is 9.47 Å². The van der Waals surface area contributed by atoms with Gasteiger partial charge in [-0.1, -0.05) is 24.3 Å². The van der Waals surface area contributed by atoms with Crippen LogP contribution in [-0.2, 0) is 17.8 Å². The molecule has 162 valence electrons. The summed E-state index contributed by atoms with van der Waals surface area (Å²) >= 11 is 0. The van der Waals surface area contributed by atoms with E-state index in [1.165, 1.54) is 36.8 Å². The highest BCUT2D eigenvalue weighted by Crippen LogP contribution is 2.27. The van der Waals surface area contributed by atoms with Gasteiger partial charge in [0.25, 0.3) is 0 Å². The Labute approximate surface area is 181 Å². The van der Waals surface area contributed by atoms with Crippen molar-refractivity contribution in [3.8, 4) is 5.75 Å². The van der Waals surface area contributed by atoms with Crippen LogP contribution in [0.5, 0.6) is 5.75 Å². The number of ether oxygens (including phenoxy) is 2. The number of pyridine rings is 1. The molecule has 2 fully saturated rings. The Morgan fingerprint density at radius 1 is 1.03 bits per heavy atom. The van der Waals surface area contributed by atoms with Crippen molar-refractivity contribution in [2.24, 2.45) is 0 Å². The lowest BCUT2D eigenvalue weighted by atomic mass is 10.1. The fourth-order valence-electron chi connectivity index (χ4n) is 4.48. The van der Waals surface area contributed by atoms with E-state index in [1.807, 2.05) is 18.5 Å². The molecule has 1 aromatic carbocycles. The summed E-state index contributed by atoms with van der Waals surface area (Å²) in [6, 6.07) is 12.8. The minimum Gasteiger partial charge on any atom is -0.490 e. The number of hydrogen-bond acceptors (Lipinski definition) is 5. The first kappa shape index (κ1) is 21.3. The topological polar surface area (TPSA) is 37.8 Å². The molecule has 2 aromatic rings. The van der Waals surface area contributed by atoms with E-state index >= 15 is 0 Å². The second kappa shape index (κ2) is 11.4. The van der Waals surface area contributed by atoms with Crippen molar-refractivity contribution in [2.45, 2.75) is 51.3 Å². The van der Waals surface area contributed by atoms with Gasteiger partial charge in [-0.3, -0.25) is 14.8 Å². The van der Waals surface area contributed by atoms with Crippen LogP contribution in [0.1, 0.15) is 43.2 Å². The summed E-state index contributed by atoms with van der Waals surface area (Å²) in [5, 5.41) is 0. The summed E-state index contributed by atoms with van der Waals surface area (Å²) in [4.78, 5) is 9.36. The zero-order chi connectivity index (χ0) is 20.4. The molecule has 1 aromatic heterocycles. The lowest BCUT2D eigenvalue weighted by Gasteiger charge is -2.29. The van der Waals surface area contributed by atoms with Crippen molar-refractivity contribution in [3.05, 3.63) is 59.9 Å². The zero-order valence-electron chi connectivity index (χ0n) is 18.0. The standard InChI is InChI=1S/C25H35N3O2/c1-4-11-25(30-24-9-2-3-10-24)23(8-1)21-28(20-22-7-5-12-26-19-22)14-6-13-27-15-17-29-18-16-27/h1,4-5,7-8,11-12,19,24H,2-3,6,9-10,13-18,20-21H2. The molecule has 0 unspecified atom stereocenters. The van der Waals surface area contributed by atoms with Gasteiger partial charge < -0.3 is 9.47 Å². The Balaban J connectivity index is 1.39. The van der Waals surface area contributed by atoms with Gasteiger partial charge in [0.1, 0.15) is 5.75 Å². The monoisotopic (exact) mass is 409 g/mol. The third kappa shape index (κ3) is 6.53. The fourth-order valence-corrected chi connectivity index (χ4v) is 4.48. The molecule has 4 rings (SSSR count). The Morgan fingerprint density at radius 2 is 1.87 bits per heavy atom. The van der Waals surface area contributed by atoms with Crippen LogP contribution in [0.15, 0.2) is 48.8 Å². The number of para-hydroxylation sites is 1. The fraction of sp³-hybridized carbons (Fsp3) is 0.560.